The summed E-state index contributed by atoms with van der Waals surface area (Å²) < 4.78 is 22.4. The fraction of sp³-hybridized carbons (Fsp3) is 0.519. The molecule has 0 saturated heterocycles. The molecule has 0 heterocycles. The molecule has 2 atom stereocenters. The number of allylic oxidation sites excluding steroid dienone is 22. The number of rotatable bonds is 38. The van der Waals surface area contributed by atoms with Crippen molar-refractivity contribution < 1.29 is 42.9 Å². The van der Waals surface area contributed by atoms with Gasteiger partial charge in [0.25, 0.3) is 0 Å². The third kappa shape index (κ3) is 43.3. The van der Waals surface area contributed by atoms with Gasteiger partial charge in [0.05, 0.1) is 40.3 Å². The van der Waals surface area contributed by atoms with E-state index in [4.69, 9.17) is 18.9 Å². The predicted molar refractivity (Wildman–Crippen MR) is 250 cm³/mol. The summed E-state index contributed by atoms with van der Waals surface area (Å²) in [6.45, 7) is 4.31. The van der Waals surface area contributed by atoms with Crippen LogP contribution in [0.15, 0.2) is 134 Å². The van der Waals surface area contributed by atoms with E-state index in [1.165, 1.54) is 0 Å². The number of carbonyl (C=O) groups is 3. The van der Waals surface area contributed by atoms with Crippen molar-refractivity contribution in [3.05, 3.63) is 134 Å². The van der Waals surface area contributed by atoms with E-state index in [-0.39, 0.29) is 32.7 Å². The molecule has 0 aromatic rings. The molecule has 340 valence electrons. The van der Waals surface area contributed by atoms with Gasteiger partial charge in [0.2, 0.25) is 0 Å². The normalized spacial score (nSPS) is 14.2. The molecule has 0 aliphatic rings. The topological polar surface area (TPSA) is 111 Å². The van der Waals surface area contributed by atoms with Crippen LogP contribution < -0.4 is 5.11 Å². The summed E-state index contributed by atoms with van der Waals surface area (Å²) in [5.74, 6) is -2.50. The highest BCUT2D eigenvalue weighted by Gasteiger charge is 2.21. The van der Waals surface area contributed by atoms with E-state index in [0.717, 1.165) is 70.6 Å². The van der Waals surface area contributed by atoms with Crippen LogP contribution in [0.2, 0.25) is 0 Å². The van der Waals surface area contributed by atoms with Gasteiger partial charge in [-0.1, -0.05) is 148 Å². The van der Waals surface area contributed by atoms with Gasteiger partial charge in [-0.25, -0.2) is 0 Å². The lowest BCUT2D eigenvalue weighted by Gasteiger charge is -2.26. The number of nitrogens with zero attached hydrogens (tertiary/aromatic N) is 1. The lowest BCUT2D eigenvalue weighted by atomic mass is 10.2. The Labute approximate surface area is 369 Å². The summed E-state index contributed by atoms with van der Waals surface area (Å²) in [6.07, 6.45) is 56.5. The van der Waals surface area contributed by atoms with Gasteiger partial charge in [-0.2, -0.15) is 0 Å². The van der Waals surface area contributed by atoms with Gasteiger partial charge >= 0.3 is 11.9 Å². The van der Waals surface area contributed by atoms with E-state index >= 15 is 0 Å². The number of carboxylic acid groups (broad SMARTS) is 1. The van der Waals surface area contributed by atoms with Gasteiger partial charge < -0.3 is 33.3 Å². The van der Waals surface area contributed by atoms with Crippen molar-refractivity contribution in [1.82, 2.24) is 0 Å². The molecular formula is C52H79NO8. The number of carbonyl (C=O) groups excluding carboxylic acids is 3. The predicted octanol–water partition coefficient (Wildman–Crippen LogP) is 10.7. The van der Waals surface area contributed by atoms with Gasteiger partial charge in [-0.3, -0.25) is 9.59 Å². The van der Waals surface area contributed by atoms with E-state index in [9.17, 15) is 19.5 Å². The molecule has 0 fully saturated rings. The first kappa shape index (κ1) is 56.4. The van der Waals surface area contributed by atoms with Crippen molar-refractivity contribution in [2.75, 3.05) is 47.5 Å². The Morgan fingerprint density at radius 3 is 1.28 bits per heavy atom. The maximum atomic E-state index is 12.7. The Hall–Kier alpha value is -4.57. The number of hydrogen-bond acceptors (Lipinski definition) is 8. The Balaban J connectivity index is 4.69. The van der Waals surface area contributed by atoms with E-state index in [1.807, 2.05) is 39.4 Å². The lowest BCUT2D eigenvalue weighted by molar-refractivity contribution is -0.870. The lowest BCUT2D eigenvalue weighted by Crippen LogP contribution is -2.44. The van der Waals surface area contributed by atoms with Crippen molar-refractivity contribution in [3.8, 4) is 0 Å². The minimum absolute atomic E-state index is 0.117. The number of carboxylic acids is 1. The summed E-state index contributed by atoms with van der Waals surface area (Å²) in [5.41, 5.74) is 0. The van der Waals surface area contributed by atoms with Crippen LogP contribution in [0, 0.1) is 0 Å². The van der Waals surface area contributed by atoms with Crippen molar-refractivity contribution in [1.29, 1.82) is 0 Å². The van der Waals surface area contributed by atoms with Gasteiger partial charge in [-0.05, 0) is 89.9 Å². The monoisotopic (exact) mass is 846 g/mol. The Morgan fingerprint density at radius 2 is 0.885 bits per heavy atom. The zero-order valence-corrected chi connectivity index (χ0v) is 38.2. The smallest absolute Gasteiger partial charge is 0.306 e. The van der Waals surface area contributed by atoms with Crippen molar-refractivity contribution >= 4 is 17.9 Å². The number of hydrogen-bond donors (Lipinski definition) is 0. The van der Waals surface area contributed by atoms with E-state index in [0.29, 0.717) is 30.3 Å². The molecule has 0 rings (SSSR count). The van der Waals surface area contributed by atoms with Gasteiger partial charge in [0.1, 0.15) is 13.2 Å². The summed E-state index contributed by atoms with van der Waals surface area (Å²) in [6, 6.07) is 0. The van der Waals surface area contributed by atoms with Crippen LogP contribution >= 0.6 is 0 Å². The average molecular weight is 846 g/mol. The Kier molecular flexibility index (Phi) is 39.0. The number of esters is 2. The highest BCUT2D eigenvalue weighted by Crippen LogP contribution is 2.08. The second-order valence-corrected chi connectivity index (χ2v) is 15.2. The van der Waals surface area contributed by atoms with Gasteiger partial charge in [0, 0.05) is 12.8 Å². The SMILES string of the molecule is CC/C=C\C/C=C\C/C=C\C/C=C\C/C=C\C/C=C\CCC(=O)OC[C@H](COC(OCC[N+](C)(C)C)C(=O)[O-])OC(=O)CCC/C=C\C/C=C\C/C=C\C/C=C\C/C=C\CC. The second-order valence-electron chi connectivity index (χ2n) is 15.2. The van der Waals surface area contributed by atoms with Crippen LogP contribution in [-0.2, 0) is 33.3 Å². The highest BCUT2D eigenvalue weighted by molar-refractivity contribution is 5.70. The molecule has 9 heteroatoms. The molecule has 0 amide bonds. The summed E-state index contributed by atoms with van der Waals surface area (Å²) in [7, 11) is 5.85. The Bertz CT molecular complexity index is 1450. The molecule has 0 aromatic heterocycles. The molecule has 0 aliphatic carbocycles. The fourth-order valence-corrected chi connectivity index (χ4v) is 5.01. The summed E-state index contributed by atoms with van der Waals surface area (Å²) in [5, 5.41) is 11.7. The van der Waals surface area contributed by atoms with Gasteiger partial charge in [-0.15, -0.1) is 0 Å². The van der Waals surface area contributed by atoms with Crippen LogP contribution in [-0.4, -0.2) is 82.3 Å². The third-order valence-electron chi connectivity index (χ3n) is 8.41. The molecule has 9 nitrogen and oxygen atoms in total. The van der Waals surface area contributed by atoms with Crippen molar-refractivity contribution in [3.63, 3.8) is 0 Å². The first-order valence-corrected chi connectivity index (χ1v) is 22.3. The highest BCUT2D eigenvalue weighted by atomic mass is 16.7. The molecule has 61 heavy (non-hydrogen) atoms. The third-order valence-corrected chi connectivity index (χ3v) is 8.41. The zero-order chi connectivity index (χ0) is 44.9. The molecule has 0 radical (unpaired) electrons. The summed E-state index contributed by atoms with van der Waals surface area (Å²) in [4.78, 5) is 36.9. The van der Waals surface area contributed by atoms with Gasteiger partial charge in [0.15, 0.2) is 12.4 Å². The summed E-state index contributed by atoms with van der Waals surface area (Å²) >= 11 is 0. The minimum atomic E-state index is -1.66. The average Bonchev–Trinajstić information content (AvgIpc) is 3.22. The maximum Gasteiger partial charge on any atom is 0.306 e. The number of likely N-dealkylation sites (N-methyl/N-ethyl adjacent to an activating group) is 1. The standard InChI is InChI=1S/C52H79NO8/c1-6-8-10-12-14-16-18-20-22-24-25-27-28-30-32-34-36-38-40-42-49(54)59-46-48(47-60-52(51(56)57)58-45-44-53(3,4)5)61-50(55)43-41-39-37-35-33-31-29-26-23-21-19-17-15-13-11-9-7-2/h8-11,14-17,20-23,25,27,29-32,35-38,48,52H,6-7,12-13,18-19,24,26,28,33-34,39-47H2,1-5H3/b10-8-,11-9-,16-14-,17-15-,22-20-,23-21-,27-25-,31-29-,32-30-,37-35-,38-36-/t48-,52?/m1/s1. The quantitative estimate of drug-likeness (QED) is 0.0199. The van der Waals surface area contributed by atoms with E-state index < -0.39 is 30.3 Å². The first-order valence-electron chi connectivity index (χ1n) is 22.3. The van der Waals surface area contributed by atoms with Crippen molar-refractivity contribution in [2.24, 2.45) is 0 Å². The second kappa shape index (κ2) is 42.1. The van der Waals surface area contributed by atoms with Crippen molar-refractivity contribution in [2.45, 2.75) is 129 Å². The zero-order valence-electron chi connectivity index (χ0n) is 38.2. The number of ether oxygens (including phenoxy) is 4. The molecule has 0 aromatic carbocycles. The molecular weight excluding hydrogens is 767 g/mol. The van der Waals surface area contributed by atoms with E-state index in [2.05, 4.69) is 129 Å². The Morgan fingerprint density at radius 1 is 0.492 bits per heavy atom. The number of aliphatic carboxylic acids is 1. The molecule has 0 bridgehead atoms. The fourth-order valence-electron chi connectivity index (χ4n) is 5.01. The molecule has 0 spiro atoms. The molecule has 0 saturated carbocycles. The minimum Gasteiger partial charge on any atom is -0.545 e. The van der Waals surface area contributed by atoms with Crippen LogP contribution in [0.5, 0.6) is 0 Å². The molecule has 0 aliphatic heterocycles. The molecule has 1 unspecified atom stereocenters. The van der Waals surface area contributed by atoms with Crippen LogP contribution in [0.1, 0.15) is 117 Å². The first-order chi connectivity index (χ1) is 29.6. The van der Waals surface area contributed by atoms with Crippen LogP contribution in [0.4, 0.5) is 0 Å². The van der Waals surface area contributed by atoms with Crippen LogP contribution in [0.25, 0.3) is 0 Å². The maximum absolute atomic E-state index is 12.7. The largest absolute Gasteiger partial charge is 0.545 e. The van der Waals surface area contributed by atoms with E-state index in [1.54, 1.807) is 0 Å². The number of unbranched alkanes of at least 4 members (excludes halogenated alkanes) is 1. The van der Waals surface area contributed by atoms with Crippen LogP contribution in [0.3, 0.4) is 0 Å². The molecule has 0 N–H and O–H groups in total. The number of quaternary nitrogens is 1.